The standard InChI is InChI=1S/C23H25F3N2O2/c1-15(2)22(29)28(13-17-8-6-9-18(11-17)23(24,25)26)14-19-12-21(27-30-19)20-10-5-4-7-16(20)3/h4-11,15,19H,12-14H2,1-3H3/t19-/m0/s1. The van der Waals surface area contributed by atoms with Gasteiger partial charge in [-0.3, -0.25) is 4.79 Å². The molecule has 30 heavy (non-hydrogen) atoms. The van der Waals surface area contributed by atoms with Crippen LogP contribution in [0.2, 0.25) is 0 Å². The van der Waals surface area contributed by atoms with E-state index in [0.29, 0.717) is 12.0 Å². The molecule has 0 aliphatic carbocycles. The van der Waals surface area contributed by atoms with E-state index in [-0.39, 0.29) is 31.0 Å². The first-order valence-electron chi connectivity index (χ1n) is 9.88. The van der Waals surface area contributed by atoms with E-state index in [2.05, 4.69) is 5.16 Å². The normalized spacial score (nSPS) is 16.4. The van der Waals surface area contributed by atoms with Gasteiger partial charge in [0.25, 0.3) is 0 Å². The molecule has 0 saturated carbocycles. The molecule has 1 amide bonds. The summed E-state index contributed by atoms with van der Waals surface area (Å²) in [7, 11) is 0. The van der Waals surface area contributed by atoms with Crippen LogP contribution in [-0.2, 0) is 22.4 Å². The molecule has 1 aliphatic rings. The first kappa shape index (κ1) is 21.9. The summed E-state index contributed by atoms with van der Waals surface area (Å²) in [6, 6.07) is 12.9. The van der Waals surface area contributed by atoms with Crippen LogP contribution in [0.4, 0.5) is 13.2 Å². The zero-order valence-corrected chi connectivity index (χ0v) is 17.2. The Balaban J connectivity index is 1.73. The lowest BCUT2D eigenvalue weighted by atomic mass is 10.00. The zero-order valence-electron chi connectivity index (χ0n) is 17.2. The largest absolute Gasteiger partial charge is 0.416 e. The van der Waals surface area contributed by atoms with Gasteiger partial charge in [-0.05, 0) is 30.2 Å². The van der Waals surface area contributed by atoms with Gasteiger partial charge in [0.15, 0.2) is 6.10 Å². The molecule has 2 aromatic carbocycles. The van der Waals surface area contributed by atoms with Gasteiger partial charge < -0.3 is 9.74 Å². The number of halogens is 3. The summed E-state index contributed by atoms with van der Waals surface area (Å²) >= 11 is 0. The van der Waals surface area contributed by atoms with Crippen LogP contribution in [0.5, 0.6) is 0 Å². The number of benzene rings is 2. The molecule has 0 fully saturated rings. The topological polar surface area (TPSA) is 41.9 Å². The average molecular weight is 418 g/mol. The molecular weight excluding hydrogens is 393 g/mol. The van der Waals surface area contributed by atoms with Gasteiger partial charge in [0, 0.05) is 24.4 Å². The third-order valence-electron chi connectivity index (χ3n) is 5.05. The summed E-state index contributed by atoms with van der Waals surface area (Å²) < 4.78 is 39.1. The second-order valence-electron chi connectivity index (χ2n) is 7.86. The monoisotopic (exact) mass is 418 g/mol. The zero-order chi connectivity index (χ0) is 21.9. The number of aryl methyl sites for hydroxylation is 1. The van der Waals surface area contributed by atoms with Crippen LogP contribution in [0.1, 0.15) is 42.5 Å². The third kappa shape index (κ3) is 5.20. The second-order valence-corrected chi connectivity index (χ2v) is 7.86. The average Bonchev–Trinajstić information content (AvgIpc) is 3.15. The van der Waals surface area contributed by atoms with Crippen molar-refractivity contribution in [2.75, 3.05) is 6.54 Å². The van der Waals surface area contributed by atoms with Crippen molar-refractivity contribution >= 4 is 11.6 Å². The number of hydrogen-bond donors (Lipinski definition) is 0. The Kier molecular flexibility index (Phi) is 6.48. The molecule has 0 spiro atoms. The van der Waals surface area contributed by atoms with Crippen molar-refractivity contribution in [2.45, 2.75) is 46.0 Å². The lowest BCUT2D eigenvalue weighted by Crippen LogP contribution is -2.39. The van der Waals surface area contributed by atoms with Gasteiger partial charge >= 0.3 is 6.18 Å². The number of hydrogen-bond acceptors (Lipinski definition) is 3. The number of oxime groups is 1. The van der Waals surface area contributed by atoms with Gasteiger partial charge in [0.05, 0.1) is 17.8 Å². The Labute approximate surface area is 174 Å². The number of amides is 1. The van der Waals surface area contributed by atoms with E-state index in [4.69, 9.17) is 4.84 Å². The van der Waals surface area contributed by atoms with Gasteiger partial charge in [-0.15, -0.1) is 0 Å². The highest BCUT2D eigenvalue weighted by Gasteiger charge is 2.31. The predicted molar refractivity (Wildman–Crippen MR) is 109 cm³/mol. The summed E-state index contributed by atoms with van der Waals surface area (Å²) in [6.07, 6.45) is -4.23. The van der Waals surface area contributed by atoms with E-state index < -0.39 is 11.7 Å². The van der Waals surface area contributed by atoms with E-state index in [9.17, 15) is 18.0 Å². The Morgan fingerprint density at radius 2 is 1.93 bits per heavy atom. The minimum absolute atomic E-state index is 0.0838. The molecule has 0 radical (unpaired) electrons. The molecule has 2 aromatic rings. The highest BCUT2D eigenvalue weighted by molar-refractivity contribution is 6.02. The van der Waals surface area contributed by atoms with Crippen LogP contribution in [0, 0.1) is 12.8 Å². The maximum atomic E-state index is 13.0. The maximum Gasteiger partial charge on any atom is 0.416 e. The smallest absolute Gasteiger partial charge is 0.390 e. The van der Waals surface area contributed by atoms with Crippen molar-refractivity contribution in [3.05, 3.63) is 70.8 Å². The quantitative estimate of drug-likeness (QED) is 0.648. The molecule has 0 bridgehead atoms. The lowest BCUT2D eigenvalue weighted by molar-refractivity contribution is -0.137. The van der Waals surface area contributed by atoms with Gasteiger partial charge in [0.1, 0.15) is 0 Å². The summed E-state index contributed by atoms with van der Waals surface area (Å²) in [5.41, 5.74) is 2.60. The molecule has 0 saturated heterocycles. The molecule has 0 N–H and O–H groups in total. The number of alkyl halides is 3. The minimum atomic E-state index is -4.42. The third-order valence-corrected chi connectivity index (χ3v) is 5.05. The van der Waals surface area contributed by atoms with Crippen LogP contribution in [0.15, 0.2) is 53.7 Å². The van der Waals surface area contributed by atoms with E-state index >= 15 is 0 Å². The van der Waals surface area contributed by atoms with Crippen molar-refractivity contribution in [3.8, 4) is 0 Å². The maximum absolute atomic E-state index is 13.0. The van der Waals surface area contributed by atoms with Gasteiger partial charge in [-0.1, -0.05) is 55.4 Å². The molecule has 1 aliphatic heterocycles. The second kappa shape index (κ2) is 8.90. The van der Waals surface area contributed by atoms with Crippen LogP contribution >= 0.6 is 0 Å². The van der Waals surface area contributed by atoms with Crippen LogP contribution < -0.4 is 0 Å². The fourth-order valence-corrected chi connectivity index (χ4v) is 3.49. The Bertz CT molecular complexity index is 938. The van der Waals surface area contributed by atoms with Gasteiger partial charge in [-0.2, -0.15) is 13.2 Å². The van der Waals surface area contributed by atoms with E-state index in [1.165, 1.54) is 6.07 Å². The molecule has 0 unspecified atom stereocenters. The Morgan fingerprint density at radius 3 is 2.60 bits per heavy atom. The Hall–Kier alpha value is -2.83. The molecule has 3 rings (SSSR count). The summed E-state index contributed by atoms with van der Waals surface area (Å²) in [4.78, 5) is 19.9. The summed E-state index contributed by atoms with van der Waals surface area (Å²) in [6.45, 7) is 5.87. The van der Waals surface area contributed by atoms with E-state index in [1.54, 1.807) is 24.8 Å². The molecule has 4 nitrogen and oxygen atoms in total. The Morgan fingerprint density at radius 1 is 1.20 bits per heavy atom. The molecule has 0 aromatic heterocycles. The first-order valence-corrected chi connectivity index (χ1v) is 9.88. The van der Waals surface area contributed by atoms with Crippen molar-refractivity contribution in [1.82, 2.24) is 4.90 Å². The van der Waals surface area contributed by atoms with E-state index in [0.717, 1.165) is 29.0 Å². The van der Waals surface area contributed by atoms with E-state index in [1.807, 2.05) is 31.2 Å². The molecule has 1 heterocycles. The van der Waals surface area contributed by atoms with Gasteiger partial charge in [0.2, 0.25) is 5.91 Å². The molecule has 7 heteroatoms. The number of rotatable bonds is 6. The van der Waals surface area contributed by atoms with Crippen LogP contribution in [0.25, 0.3) is 0 Å². The fraction of sp³-hybridized carbons (Fsp3) is 0.391. The first-order chi connectivity index (χ1) is 14.1. The van der Waals surface area contributed by atoms with Crippen molar-refractivity contribution in [2.24, 2.45) is 11.1 Å². The number of carbonyl (C=O) groups is 1. The molecule has 1 atom stereocenters. The summed E-state index contributed by atoms with van der Waals surface area (Å²) in [5, 5.41) is 4.19. The number of carbonyl (C=O) groups excluding carboxylic acids is 1. The van der Waals surface area contributed by atoms with Crippen LogP contribution in [-0.4, -0.2) is 29.2 Å². The number of nitrogens with zero attached hydrogens (tertiary/aromatic N) is 2. The van der Waals surface area contributed by atoms with Crippen molar-refractivity contribution in [3.63, 3.8) is 0 Å². The van der Waals surface area contributed by atoms with Gasteiger partial charge in [-0.25, -0.2) is 0 Å². The van der Waals surface area contributed by atoms with Crippen molar-refractivity contribution in [1.29, 1.82) is 0 Å². The molecule has 160 valence electrons. The van der Waals surface area contributed by atoms with Crippen LogP contribution in [0.3, 0.4) is 0 Å². The highest BCUT2D eigenvalue weighted by Crippen LogP contribution is 2.30. The summed E-state index contributed by atoms with van der Waals surface area (Å²) in [5.74, 6) is -0.422. The SMILES string of the molecule is Cc1ccccc1C1=NO[C@H](CN(Cc2cccc(C(F)(F)F)c2)C(=O)C(C)C)C1. The minimum Gasteiger partial charge on any atom is -0.390 e. The predicted octanol–water partition coefficient (Wildman–Crippen LogP) is 5.19. The molecular formula is C23H25F3N2O2. The lowest BCUT2D eigenvalue weighted by Gasteiger charge is -2.27. The highest BCUT2D eigenvalue weighted by atomic mass is 19.4. The van der Waals surface area contributed by atoms with Crippen molar-refractivity contribution < 1.29 is 22.8 Å². The fourth-order valence-electron chi connectivity index (χ4n) is 3.49.